The van der Waals surface area contributed by atoms with E-state index in [0.717, 1.165) is 27.8 Å². The van der Waals surface area contributed by atoms with Crippen LogP contribution in [0.1, 0.15) is 16.7 Å². The molecule has 5 heteroatoms. The quantitative estimate of drug-likeness (QED) is 0.611. The van der Waals surface area contributed by atoms with Gasteiger partial charge in [0, 0.05) is 24.2 Å². The molecule has 0 saturated carbocycles. The summed E-state index contributed by atoms with van der Waals surface area (Å²) < 4.78 is 5.56. The Balaban J connectivity index is 1.52. The zero-order valence-corrected chi connectivity index (χ0v) is 15.1. The number of fused-ring (bicyclic) bond motifs is 1. The number of hydrogen-bond acceptors (Lipinski definition) is 4. The van der Waals surface area contributed by atoms with Gasteiger partial charge in [-0.3, -0.25) is 4.79 Å². The van der Waals surface area contributed by atoms with E-state index in [1.54, 1.807) is 0 Å². The molecule has 3 aromatic rings. The number of benzene rings is 2. The van der Waals surface area contributed by atoms with Crippen molar-refractivity contribution < 1.29 is 9.84 Å². The number of aryl methyl sites for hydroxylation is 2. The molecule has 0 spiro atoms. The molecule has 0 aliphatic carbocycles. The van der Waals surface area contributed by atoms with Crippen LogP contribution in [0.4, 0.5) is 0 Å². The summed E-state index contributed by atoms with van der Waals surface area (Å²) in [6.07, 6.45) is -0.655. The highest BCUT2D eigenvalue weighted by molar-refractivity contribution is 5.79. The summed E-state index contributed by atoms with van der Waals surface area (Å²) in [6.45, 7) is 4.96. The van der Waals surface area contributed by atoms with Crippen molar-refractivity contribution in [1.82, 2.24) is 10.3 Å². The van der Waals surface area contributed by atoms with Gasteiger partial charge >= 0.3 is 0 Å². The van der Waals surface area contributed by atoms with Crippen LogP contribution in [-0.2, 0) is 6.54 Å². The topological polar surface area (TPSA) is 74.3 Å². The smallest absolute Gasteiger partial charge is 0.252 e. The van der Waals surface area contributed by atoms with Crippen LogP contribution in [0.15, 0.2) is 53.3 Å². The van der Waals surface area contributed by atoms with Gasteiger partial charge in [-0.05, 0) is 49.6 Å². The molecule has 0 aliphatic rings. The highest BCUT2D eigenvalue weighted by Crippen LogP contribution is 2.13. The van der Waals surface area contributed by atoms with E-state index in [-0.39, 0.29) is 12.2 Å². The Morgan fingerprint density at radius 1 is 1.08 bits per heavy atom. The third-order valence-electron chi connectivity index (χ3n) is 4.24. The summed E-state index contributed by atoms with van der Waals surface area (Å²) in [5, 5.41) is 14.2. The van der Waals surface area contributed by atoms with Gasteiger partial charge in [-0.1, -0.05) is 29.3 Å². The fourth-order valence-corrected chi connectivity index (χ4v) is 2.76. The predicted octanol–water partition coefficient (Wildman–Crippen LogP) is 2.67. The van der Waals surface area contributed by atoms with Crippen LogP contribution in [0.5, 0.6) is 5.75 Å². The molecule has 0 fully saturated rings. The lowest BCUT2D eigenvalue weighted by atomic mass is 10.1. The van der Waals surface area contributed by atoms with Crippen LogP contribution < -0.4 is 15.6 Å². The molecule has 1 atom stereocenters. The molecule has 5 nitrogen and oxygen atoms in total. The fraction of sp³-hybridized carbons (Fsp3) is 0.286. The largest absolute Gasteiger partial charge is 0.491 e. The Hall–Kier alpha value is -2.63. The second-order valence-electron chi connectivity index (χ2n) is 6.62. The van der Waals surface area contributed by atoms with Gasteiger partial charge in [0.1, 0.15) is 18.5 Å². The Bertz CT molecular complexity index is 932. The number of pyridine rings is 1. The molecule has 0 unspecified atom stereocenters. The molecule has 0 radical (unpaired) electrons. The lowest BCUT2D eigenvalue weighted by Crippen LogP contribution is -2.32. The first kappa shape index (κ1) is 18.2. The van der Waals surface area contributed by atoms with Crippen LogP contribution in [0, 0.1) is 13.8 Å². The summed E-state index contributed by atoms with van der Waals surface area (Å²) >= 11 is 0. The molecule has 136 valence electrons. The zero-order valence-electron chi connectivity index (χ0n) is 15.1. The van der Waals surface area contributed by atoms with Gasteiger partial charge in [0.2, 0.25) is 0 Å². The maximum Gasteiger partial charge on any atom is 0.252 e. The fourth-order valence-electron chi connectivity index (χ4n) is 2.76. The third kappa shape index (κ3) is 4.71. The molecule has 0 bridgehead atoms. The van der Waals surface area contributed by atoms with Crippen molar-refractivity contribution in [2.45, 2.75) is 26.5 Å². The first-order valence-corrected chi connectivity index (χ1v) is 8.72. The molecule has 3 N–H and O–H groups in total. The van der Waals surface area contributed by atoms with Gasteiger partial charge in [-0.25, -0.2) is 0 Å². The number of ether oxygens (including phenoxy) is 1. The van der Waals surface area contributed by atoms with Gasteiger partial charge in [0.15, 0.2) is 0 Å². The average molecular weight is 352 g/mol. The molecule has 1 heterocycles. The summed E-state index contributed by atoms with van der Waals surface area (Å²) in [6, 6.07) is 15.5. The molecule has 26 heavy (non-hydrogen) atoms. The first-order valence-electron chi connectivity index (χ1n) is 8.72. The second-order valence-corrected chi connectivity index (χ2v) is 6.62. The standard InChI is InChI=1S/C21H24N2O3/c1-14-3-6-19(7-4-14)26-13-18(24)12-22-11-17-10-16-9-15(2)5-8-20(16)23-21(17)25/h3-10,18,22,24H,11-13H2,1-2H3,(H,23,25)/t18-/m0/s1. The Morgan fingerprint density at radius 2 is 1.81 bits per heavy atom. The monoisotopic (exact) mass is 352 g/mol. The number of nitrogens with one attached hydrogen (secondary N) is 2. The molecule has 0 amide bonds. The van der Waals surface area contributed by atoms with Crippen molar-refractivity contribution in [3.8, 4) is 5.75 Å². The number of hydrogen-bond donors (Lipinski definition) is 3. The number of rotatable bonds is 7. The van der Waals surface area contributed by atoms with Crippen LogP contribution in [-0.4, -0.2) is 29.3 Å². The van der Waals surface area contributed by atoms with E-state index in [1.165, 1.54) is 0 Å². The summed E-state index contributed by atoms with van der Waals surface area (Å²) in [5.41, 5.74) is 3.67. The molecule has 0 aliphatic heterocycles. The molecule has 1 aromatic heterocycles. The van der Waals surface area contributed by atoms with Gasteiger partial charge in [0.25, 0.3) is 5.56 Å². The highest BCUT2D eigenvalue weighted by atomic mass is 16.5. The van der Waals surface area contributed by atoms with Crippen LogP contribution in [0.3, 0.4) is 0 Å². The minimum atomic E-state index is -0.655. The lowest BCUT2D eigenvalue weighted by Gasteiger charge is -2.13. The Labute approximate surface area is 152 Å². The van der Waals surface area contributed by atoms with Crippen molar-refractivity contribution >= 4 is 10.9 Å². The number of aromatic amines is 1. The van der Waals surface area contributed by atoms with Crippen LogP contribution in [0.2, 0.25) is 0 Å². The average Bonchev–Trinajstić information content (AvgIpc) is 2.62. The van der Waals surface area contributed by atoms with E-state index >= 15 is 0 Å². The van der Waals surface area contributed by atoms with E-state index in [4.69, 9.17) is 4.74 Å². The van der Waals surface area contributed by atoms with Gasteiger partial charge in [-0.15, -0.1) is 0 Å². The van der Waals surface area contributed by atoms with Gasteiger partial charge in [0.05, 0.1) is 0 Å². The van der Waals surface area contributed by atoms with E-state index in [0.29, 0.717) is 18.7 Å². The summed E-state index contributed by atoms with van der Waals surface area (Å²) in [7, 11) is 0. The van der Waals surface area contributed by atoms with Crippen molar-refractivity contribution in [2.24, 2.45) is 0 Å². The number of H-pyrrole nitrogens is 1. The van der Waals surface area contributed by atoms with E-state index < -0.39 is 6.10 Å². The van der Waals surface area contributed by atoms with Crippen LogP contribution >= 0.6 is 0 Å². The van der Waals surface area contributed by atoms with Gasteiger partial charge in [-0.2, -0.15) is 0 Å². The van der Waals surface area contributed by atoms with Crippen molar-refractivity contribution in [3.05, 3.63) is 75.6 Å². The lowest BCUT2D eigenvalue weighted by molar-refractivity contribution is 0.106. The summed E-state index contributed by atoms with van der Waals surface area (Å²) in [4.78, 5) is 15.0. The van der Waals surface area contributed by atoms with Gasteiger partial charge < -0.3 is 20.1 Å². The number of aliphatic hydroxyl groups is 1. The molecular formula is C21H24N2O3. The van der Waals surface area contributed by atoms with E-state index in [1.807, 2.05) is 62.4 Å². The molecular weight excluding hydrogens is 328 g/mol. The van der Waals surface area contributed by atoms with Crippen LogP contribution in [0.25, 0.3) is 10.9 Å². The van der Waals surface area contributed by atoms with E-state index in [2.05, 4.69) is 10.3 Å². The normalized spacial score (nSPS) is 12.3. The third-order valence-corrected chi connectivity index (χ3v) is 4.24. The summed E-state index contributed by atoms with van der Waals surface area (Å²) in [5.74, 6) is 0.732. The Morgan fingerprint density at radius 3 is 2.58 bits per heavy atom. The minimum absolute atomic E-state index is 0.112. The van der Waals surface area contributed by atoms with E-state index in [9.17, 15) is 9.90 Å². The van der Waals surface area contributed by atoms with Crippen molar-refractivity contribution in [2.75, 3.05) is 13.2 Å². The SMILES string of the molecule is Cc1ccc(OC[C@@H](O)CNCc2cc3cc(C)ccc3[nH]c2=O)cc1. The maximum absolute atomic E-state index is 12.1. The molecule has 2 aromatic carbocycles. The van der Waals surface area contributed by atoms with Crippen molar-refractivity contribution in [1.29, 1.82) is 0 Å². The number of aromatic nitrogens is 1. The minimum Gasteiger partial charge on any atom is -0.491 e. The molecule has 3 rings (SSSR count). The van der Waals surface area contributed by atoms with Crippen molar-refractivity contribution in [3.63, 3.8) is 0 Å². The molecule has 0 saturated heterocycles. The first-order chi connectivity index (χ1) is 12.5. The highest BCUT2D eigenvalue weighted by Gasteiger charge is 2.07. The zero-order chi connectivity index (χ0) is 18.5. The second kappa shape index (κ2) is 8.17. The Kier molecular flexibility index (Phi) is 5.71. The maximum atomic E-state index is 12.1. The number of aliphatic hydroxyl groups excluding tert-OH is 1. The predicted molar refractivity (Wildman–Crippen MR) is 104 cm³/mol.